The van der Waals surface area contributed by atoms with E-state index < -0.39 is 16.1 Å². The summed E-state index contributed by atoms with van der Waals surface area (Å²) in [6.07, 6.45) is 0.0121. The molecule has 0 spiro atoms. The summed E-state index contributed by atoms with van der Waals surface area (Å²) in [6, 6.07) is 24.4. The van der Waals surface area contributed by atoms with Crippen LogP contribution in [-0.4, -0.2) is 44.7 Å². The Morgan fingerprint density at radius 1 is 0.875 bits per heavy atom. The van der Waals surface area contributed by atoms with Crippen molar-refractivity contribution in [1.29, 1.82) is 0 Å². The predicted octanol–water partition coefficient (Wildman–Crippen LogP) is 4.11. The van der Waals surface area contributed by atoms with Gasteiger partial charge in [0.05, 0.1) is 18.0 Å². The van der Waals surface area contributed by atoms with Gasteiger partial charge in [-0.1, -0.05) is 60.7 Å². The fraction of sp³-hybridized carbons (Fsp3) is 0.240. The molecule has 0 aliphatic rings. The lowest BCUT2D eigenvalue weighted by Gasteiger charge is -2.29. The Morgan fingerprint density at radius 3 is 2.00 bits per heavy atom. The third kappa shape index (κ3) is 5.55. The van der Waals surface area contributed by atoms with Crippen molar-refractivity contribution in [2.75, 3.05) is 21.2 Å². The molecule has 6 nitrogen and oxygen atoms in total. The number of carbonyl (C=O) groups excluding carboxylic acids is 1. The quantitative estimate of drug-likeness (QED) is 0.490. The first-order valence-electron chi connectivity index (χ1n) is 10.3. The molecule has 0 bridgehead atoms. The lowest BCUT2D eigenvalue weighted by atomic mass is 10.0. The van der Waals surface area contributed by atoms with Crippen molar-refractivity contribution < 1.29 is 17.9 Å². The molecule has 0 heterocycles. The van der Waals surface area contributed by atoms with E-state index >= 15 is 0 Å². The van der Waals surface area contributed by atoms with Gasteiger partial charge in [0.2, 0.25) is 15.9 Å². The minimum atomic E-state index is -3.80. The van der Waals surface area contributed by atoms with Gasteiger partial charge >= 0.3 is 0 Å². The van der Waals surface area contributed by atoms with Crippen LogP contribution in [0, 0.1) is 0 Å². The Hall–Kier alpha value is -3.16. The van der Waals surface area contributed by atoms with Crippen LogP contribution >= 0.6 is 0 Å². The zero-order valence-corrected chi connectivity index (χ0v) is 19.3. The first-order chi connectivity index (χ1) is 15.3. The van der Waals surface area contributed by atoms with Crippen LogP contribution in [0.25, 0.3) is 0 Å². The van der Waals surface area contributed by atoms with E-state index in [0.717, 1.165) is 5.56 Å². The molecule has 32 heavy (non-hydrogen) atoms. The fourth-order valence-corrected chi connectivity index (χ4v) is 4.84. The van der Waals surface area contributed by atoms with Gasteiger partial charge in [0, 0.05) is 27.1 Å². The third-order valence-corrected chi connectivity index (χ3v) is 7.30. The van der Waals surface area contributed by atoms with Gasteiger partial charge in [-0.15, -0.1) is 0 Å². The highest BCUT2D eigenvalue weighted by molar-refractivity contribution is 7.89. The van der Waals surface area contributed by atoms with Crippen molar-refractivity contribution in [3.05, 3.63) is 96.1 Å². The second-order valence-corrected chi connectivity index (χ2v) is 9.56. The van der Waals surface area contributed by atoms with Crippen molar-refractivity contribution >= 4 is 15.9 Å². The second kappa shape index (κ2) is 10.4. The van der Waals surface area contributed by atoms with Crippen LogP contribution in [0.4, 0.5) is 0 Å². The number of sulfonamides is 1. The maximum absolute atomic E-state index is 13.3. The second-order valence-electron chi connectivity index (χ2n) is 7.56. The van der Waals surface area contributed by atoms with Gasteiger partial charge in [0.1, 0.15) is 5.75 Å². The van der Waals surface area contributed by atoms with Crippen molar-refractivity contribution in [2.45, 2.75) is 23.9 Å². The first kappa shape index (κ1) is 23.5. The van der Waals surface area contributed by atoms with E-state index in [1.807, 2.05) is 30.3 Å². The van der Waals surface area contributed by atoms with Gasteiger partial charge < -0.3 is 9.64 Å². The maximum Gasteiger partial charge on any atom is 0.243 e. The van der Waals surface area contributed by atoms with Gasteiger partial charge in [-0.05, 0) is 35.4 Å². The average molecular weight is 453 g/mol. The molecule has 0 unspecified atom stereocenters. The predicted molar refractivity (Wildman–Crippen MR) is 125 cm³/mol. The standard InChI is InChI=1S/C25H28N2O4S/c1-26(19-20-10-6-4-7-11-20)25(28)18-24(21-14-16-22(31-3)17-15-21)27(2)32(29,30)23-12-8-5-9-13-23/h4-17,24H,18-19H2,1-3H3/t24-/m1/s1. The summed E-state index contributed by atoms with van der Waals surface area (Å²) in [6.45, 7) is 0.449. The number of hydrogen-bond donors (Lipinski definition) is 0. The number of benzene rings is 3. The van der Waals surface area contributed by atoms with Crippen molar-refractivity contribution in [3.8, 4) is 5.75 Å². The molecule has 0 aliphatic heterocycles. The molecular formula is C25H28N2O4S. The normalized spacial score (nSPS) is 12.4. The molecule has 168 valence electrons. The SMILES string of the molecule is COc1ccc([C@@H](CC(=O)N(C)Cc2ccccc2)N(C)S(=O)(=O)c2ccccc2)cc1. The van der Waals surface area contributed by atoms with Gasteiger partial charge in [0.25, 0.3) is 0 Å². The molecule has 0 fully saturated rings. The van der Waals surface area contributed by atoms with Crippen LogP contribution < -0.4 is 4.74 Å². The minimum Gasteiger partial charge on any atom is -0.497 e. The van der Waals surface area contributed by atoms with E-state index in [2.05, 4.69) is 0 Å². The van der Waals surface area contributed by atoms with E-state index in [9.17, 15) is 13.2 Å². The van der Waals surface area contributed by atoms with Crippen LogP contribution in [0.15, 0.2) is 89.8 Å². The van der Waals surface area contributed by atoms with Crippen LogP contribution in [0.3, 0.4) is 0 Å². The van der Waals surface area contributed by atoms with Gasteiger partial charge in [0.15, 0.2) is 0 Å². The molecule has 3 rings (SSSR count). The molecule has 0 aliphatic carbocycles. The summed E-state index contributed by atoms with van der Waals surface area (Å²) < 4.78 is 33.1. The van der Waals surface area contributed by atoms with Crippen molar-refractivity contribution in [1.82, 2.24) is 9.21 Å². The number of amides is 1. The molecule has 7 heteroatoms. The molecule has 0 aromatic heterocycles. The Labute approximate surface area is 190 Å². The van der Waals surface area contributed by atoms with E-state index in [4.69, 9.17) is 4.74 Å². The summed E-state index contributed by atoms with van der Waals surface area (Å²) in [4.78, 5) is 14.9. The zero-order valence-electron chi connectivity index (χ0n) is 18.5. The molecule has 1 amide bonds. The summed E-state index contributed by atoms with van der Waals surface area (Å²) >= 11 is 0. The number of methoxy groups -OCH3 is 1. The number of nitrogens with zero attached hydrogens (tertiary/aromatic N) is 2. The fourth-order valence-electron chi connectivity index (χ4n) is 3.48. The molecule has 3 aromatic rings. The van der Waals surface area contributed by atoms with Crippen molar-refractivity contribution in [3.63, 3.8) is 0 Å². The molecule has 3 aromatic carbocycles. The van der Waals surface area contributed by atoms with Crippen LogP contribution in [0.1, 0.15) is 23.6 Å². The number of hydrogen-bond acceptors (Lipinski definition) is 4. The zero-order chi connectivity index (χ0) is 23.1. The Morgan fingerprint density at radius 2 is 1.44 bits per heavy atom. The topological polar surface area (TPSA) is 66.9 Å². The van der Waals surface area contributed by atoms with E-state index in [0.29, 0.717) is 17.9 Å². The number of ether oxygens (including phenoxy) is 1. The Kier molecular flexibility index (Phi) is 7.66. The lowest BCUT2D eigenvalue weighted by molar-refractivity contribution is -0.131. The summed E-state index contributed by atoms with van der Waals surface area (Å²) in [5, 5.41) is 0. The lowest BCUT2D eigenvalue weighted by Crippen LogP contribution is -2.36. The van der Waals surface area contributed by atoms with Crippen molar-refractivity contribution in [2.24, 2.45) is 0 Å². The smallest absolute Gasteiger partial charge is 0.243 e. The average Bonchev–Trinajstić information content (AvgIpc) is 2.83. The van der Waals surface area contributed by atoms with E-state index in [1.54, 1.807) is 73.7 Å². The molecule has 0 saturated carbocycles. The largest absolute Gasteiger partial charge is 0.497 e. The van der Waals surface area contributed by atoms with Gasteiger partial charge in [-0.2, -0.15) is 4.31 Å². The molecule has 0 saturated heterocycles. The highest BCUT2D eigenvalue weighted by atomic mass is 32.2. The Bertz CT molecular complexity index is 1120. The summed E-state index contributed by atoms with van der Waals surface area (Å²) in [5.41, 5.74) is 1.73. The summed E-state index contributed by atoms with van der Waals surface area (Å²) in [5.74, 6) is 0.512. The molecular weight excluding hydrogens is 424 g/mol. The highest BCUT2D eigenvalue weighted by Gasteiger charge is 2.31. The van der Waals surface area contributed by atoms with Crippen LogP contribution in [0.5, 0.6) is 5.75 Å². The third-order valence-electron chi connectivity index (χ3n) is 5.42. The van der Waals surface area contributed by atoms with E-state index in [-0.39, 0.29) is 17.2 Å². The monoisotopic (exact) mass is 452 g/mol. The Balaban J connectivity index is 1.89. The highest BCUT2D eigenvalue weighted by Crippen LogP contribution is 2.30. The van der Waals surface area contributed by atoms with Gasteiger partial charge in [-0.3, -0.25) is 4.79 Å². The number of rotatable bonds is 9. The van der Waals surface area contributed by atoms with Gasteiger partial charge in [-0.25, -0.2) is 8.42 Å². The summed E-state index contributed by atoms with van der Waals surface area (Å²) in [7, 11) is 1.01. The molecule has 0 N–H and O–H groups in total. The molecule has 1 atom stereocenters. The first-order valence-corrected chi connectivity index (χ1v) is 11.7. The molecule has 0 radical (unpaired) electrons. The van der Waals surface area contributed by atoms with Crippen LogP contribution in [-0.2, 0) is 21.4 Å². The minimum absolute atomic E-state index is 0.0121. The number of carbonyl (C=O) groups is 1. The maximum atomic E-state index is 13.3. The van der Waals surface area contributed by atoms with Crippen LogP contribution in [0.2, 0.25) is 0 Å². The van der Waals surface area contributed by atoms with E-state index in [1.165, 1.54) is 11.4 Å².